The van der Waals surface area contributed by atoms with Gasteiger partial charge in [-0.2, -0.15) is 0 Å². The highest BCUT2D eigenvalue weighted by Crippen LogP contribution is 2.33. The third-order valence-electron chi connectivity index (χ3n) is 3.27. The Hall–Kier alpha value is -2.02. The van der Waals surface area contributed by atoms with E-state index in [2.05, 4.69) is 4.98 Å². The van der Waals surface area contributed by atoms with Gasteiger partial charge >= 0.3 is 0 Å². The van der Waals surface area contributed by atoms with E-state index < -0.39 is 10.0 Å². The SMILES string of the molecule is Cc1sc(-c2ccc(S(N)(=O)=O)cc2)nc1-c1ccccc1. The van der Waals surface area contributed by atoms with E-state index in [-0.39, 0.29) is 4.90 Å². The van der Waals surface area contributed by atoms with Crippen LogP contribution in [0.4, 0.5) is 0 Å². The number of hydrogen-bond donors (Lipinski definition) is 1. The average Bonchev–Trinajstić information content (AvgIpc) is 2.89. The first kappa shape index (κ1) is 14.9. The maximum atomic E-state index is 11.3. The second-order valence-corrected chi connectivity index (χ2v) is 7.62. The summed E-state index contributed by atoms with van der Waals surface area (Å²) in [5.41, 5.74) is 2.91. The van der Waals surface area contributed by atoms with E-state index in [9.17, 15) is 8.42 Å². The minimum Gasteiger partial charge on any atom is -0.236 e. The van der Waals surface area contributed by atoms with Crippen molar-refractivity contribution in [3.63, 3.8) is 0 Å². The first-order valence-electron chi connectivity index (χ1n) is 6.61. The zero-order chi connectivity index (χ0) is 15.7. The molecule has 0 aliphatic carbocycles. The smallest absolute Gasteiger partial charge is 0.236 e. The quantitative estimate of drug-likeness (QED) is 0.799. The Labute approximate surface area is 133 Å². The lowest BCUT2D eigenvalue weighted by atomic mass is 10.1. The summed E-state index contributed by atoms with van der Waals surface area (Å²) in [6.07, 6.45) is 0. The molecule has 0 aliphatic rings. The minimum atomic E-state index is -3.66. The molecule has 2 N–H and O–H groups in total. The third kappa shape index (κ3) is 2.94. The number of nitrogens with two attached hydrogens (primary N) is 1. The summed E-state index contributed by atoms with van der Waals surface area (Å²) in [5.74, 6) is 0. The van der Waals surface area contributed by atoms with Crippen molar-refractivity contribution in [3.05, 3.63) is 59.5 Å². The molecular formula is C16H14N2O2S2. The Morgan fingerprint density at radius 3 is 2.18 bits per heavy atom. The summed E-state index contributed by atoms with van der Waals surface area (Å²) >= 11 is 1.58. The maximum Gasteiger partial charge on any atom is 0.238 e. The van der Waals surface area contributed by atoms with Crippen LogP contribution in [0.1, 0.15) is 4.88 Å². The van der Waals surface area contributed by atoms with Crippen molar-refractivity contribution in [1.82, 2.24) is 4.98 Å². The van der Waals surface area contributed by atoms with Crippen LogP contribution in [0.2, 0.25) is 0 Å². The Balaban J connectivity index is 2.00. The van der Waals surface area contributed by atoms with E-state index in [0.717, 1.165) is 26.7 Å². The molecule has 0 saturated heterocycles. The number of benzene rings is 2. The van der Waals surface area contributed by atoms with E-state index in [1.54, 1.807) is 23.5 Å². The summed E-state index contributed by atoms with van der Waals surface area (Å²) in [5, 5.41) is 5.97. The molecule has 0 amide bonds. The predicted molar refractivity (Wildman–Crippen MR) is 89.1 cm³/mol. The Morgan fingerprint density at radius 2 is 1.59 bits per heavy atom. The molecule has 0 atom stereocenters. The number of primary sulfonamides is 1. The molecule has 6 heteroatoms. The lowest BCUT2D eigenvalue weighted by molar-refractivity contribution is 0.598. The normalized spacial score (nSPS) is 11.5. The Morgan fingerprint density at radius 1 is 0.955 bits per heavy atom. The molecule has 0 spiro atoms. The third-order valence-corrected chi connectivity index (χ3v) is 5.22. The maximum absolute atomic E-state index is 11.3. The summed E-state index contributed by atoms with van der Waals surface area (Å²) in [6, 6.07) is 16.4. The summed E-state index contributed by atoms with van der Waals surface area (Å²) in [6.45, 7) is 2.03. The fraction of sp³-hybridized carbons (Fsp3) is 0.0625. The summed E-state index contributed by atoms with van der Waals surface area (Å²) in [4.78, 5) is 5.91. The lowest BCUT2D eigenvalue weighted by Crippen LogP contribution is -2.11. The van der Waals surface area contributed by atoms with Crippen LogP contribution in [-0.4, -0.2) is 13.4 Å². The molecule has 0 fully saturated rings. The van der Waals surface area contributed by atoms with Crippen molar-refractivity contribution in [3.8, 4) is 21.8 Å². The van der Waals surface area contributed by atoms with Gasteiger partial charge in [0.1, 0.15) is 5.01 Å². The number of nitrogens with zero attached hydrogens (tertiary/aromatic N) is 1. The van der Waals surface area contributed by atoms with Crippen LogP contribution in [0.5, 0.6) is 0 Å². The van der Waals surface area contributed by atoms with Crippen LogP contribution >= 0.6 is 11.3 Å². The summed E-state index contributed by atoms with van der Waals surface area (Å²) in [7, 11) is -3.66. The molecule has 1 heterocycles. The molecule has 3 rings (SSSR count). The molecule has 1 aromatic heterocycles. The highest BCUT2D eigenvalue weighted by atomic mass is 32.2. The standard InChI is InChI=1S/C16H14N2O2S2/c1-11-15(12-5-3-2-4-6-12)18-16(21-11)13-7-9-14(10-8-13)22(17,19)20/h2-10H,1H3,(H2,17,19,20). The fourth-order valence-electron chi connectivity index (χ4n) is 2.17. The molecule has 0 saturated carbocycles. The van der Waals surface area contributed by atoms with Crippen LogP contribution in [-0.2, 0) is 10.0 Å². The lowest BCUT2D eigenvalue weighted by Gasteiger charge is -2.00. The van der Waals surface area contributed by atoms with Crippen LogP contribution in [0, 0.1) is 6.92 Å². The second-order valence-electron chi connectivity index (χ2n) is 4.86. The zero-order valence-corrected chi connectivity index (χ0v) is 13.5. The van der Waals surface area contributed by atoms with Gasteiger partial charge in [-0.25, -0.2) is 18.5 Å². The highest BCUT2D eigenvalue weighted by molar-refractivity contribution is 7.89. The second kappa shape index (κ2) is 5.64. The van der Waals surface area contributed by atoms with Crippen molar-refractivity contribution in [2.45, 2.75) is 11.8 Å². The van der Waals surface area contributed by atoms with Gasteiger partial charge < -0.3 is 0 Å². The zero-order valence-electron chi connectivity index (χ0n) is 11.9. The molecule has 4 nitrogen and oxygen atoms in total. The minimum absolute atomic E-state index is 0.104. The van der Waals surface area contributed by atoms with Gasteiger partial charge in [0, 0.05) is 16.0 Å². The van der Waals surface area contributed by atoms with E-state index in [4.69, 9.17) is 5.14 Å². The van der Waals surface area contributed by atoms with Gasteiger partial charge in [0.25, 0.3) is 0 Å². The van der Waals surface area contributed by atoms with Gasteiger partial charge in [0.15, 0.2) is 0 Å². The number of thiazole rings is 1. The number of sulfonamides is 1. The van der Waals surface area contributed by atoms with E-state index in [1.807, 2.05) is 37.3 Å². The molecule has 0 aliphatic heterocycles. The molecule has 112 valence electrons. The number of rotatable bonds is 3. The Bertz CT molecular complexity index is 899. The molecule has 2 aromatic carbocycles. The molecule has 0 unspecified atom stereocenters. The average molecular weight is 330 g/mol. The van der Waals surface area contributed by atoms with Crippen LogP contribution in [0.25, 0.3) is 21.8 Å². The van der Waals surface area contributed by atoms with Crippen molar-refractivity contribution in [1.29, 1.82) is 0 Å². The van der Waals surface area contributed by atoms with Crippen molar-refractivity contribution < 1.29 is 8.42 Å². The van der Waals surface area contributed by atoms with E-state index in [1.165, 1.54) is 12.1 Å². The predicted octanol–water partition coefficient (Wildman–Crippen LogP) is 3.43. The van der Waals surface area contributed by atoms with Crippen LogP contribution in [0.3, 0.4) is 0 Å². The van der Waals surface area contributed by atoms with Gasteiger partial charge in [-0.05, 0) is 19.1 Å². The topological polar surface area (TPSA) is 73.1 Å². The van der Waals surface area contributed by atoms with E-state index >= 15 is 0 Å². The number of hydrogen-bond acceptors (Lipinski definition) is 4. The van der Waals surface area contributed by atoms with Crippen molar-refractivity contribution in [2.75, 3.05) is 0 Å². The van der Waals surface area contributed by atoms with Crippen LogP contribution in [0.15, 0.2) is 59.5 Å². The monoisotopic (exact) mass is 330 g/mol. The highest BCUT2D eigenvalue weighted by Gasteiger charge is 2.12. The summed E-state index contributed by atoms with van der Waals surface area (Å²) < 4.78 is 22.6. The van der Waals surface area contributed by atoms with Crippen LogP contribution < -0.4 is 5.14 Å². The fourth-order valence-corrected chi connectivity index (χ4v) is 3.63. The first-order chi connectivity index (χ1) is 10.4. The van der Waals surface area contributed by atoms with Gasteiger partial charge in [0.2, 0.25) is 10.0 Å². The molecule has 3 aromatic rings. The Kier molecular flexibility index (Phi) is 3.82. The van der Waals surface area contributed by atoms with Crippen molar-refractivity contribution >= 4 is 21.4 Å². The van der Waals surface area contributed by atoms with Gasteiger partial charge in [-0.15, -0.1) is 11.3 Å². The van der Waals surface area contributed by atoms with Gasteiger partial charge in [-0.3, -0.25) is 0 Å². The molecule has 22 heavy (non-hydrogen) atoms. The number of aromatic nitrogens is 1. The largest absolute Gasteiger partial charge is 0.238 e. The molecule has 0 radical (unpaired) electrons. The van der Waals surface area contributed by atoms with E-state index in [0.29, 0.717) is 0 Å². The van der Waals surface area contributed by atoms with Gasteiger partial charge in [0.05, 0.1) is 10.6 Å². The van der Waals surface area contributed by atoms with Crippen molar-refractivity contribution in [2.24, 2.45) is 5.14 Å². The van der Waals surface area contributed by atoms with Gasteiger partial charge in [-0.1, -0.05) is 42.5 Å². The molecule has 0 bridgehead atoms. The molecular weight excluding hydrogens is 316 g/mol. The first-order valence-corrected chi connectivity index (χ1v) is 8.97. The number of aryl methyl sites for hydroxylation is 1.